The maximum Gasteiger partial charge on any atom is 0.134 e. The molecule has 2 aromatic rings. The maximum absolute atomic E-state index is 9.69. The Kier molecular flexibility index (Phi) is 3.44. The van der Waals surface area contributed by atoms with Gasteiger partial charge in [-0.3, -0.25) is 0 Å². The van der Waals surface area contributed by atoms with Crippen molar-refractivity contribution in [2.24, 2.45) is 0 Å². The van der Waals surface area contributed by atoms with Crippen molar-refractivity contribution < 1.29 is 9.52 Å². The molecule has 0 aliphatic carbocycles. The highest BCUT2D eigenvalue weighted by Crippen LogP contribution is 2.23. The Morgan fingerprint density at radius 2 is 2.24 bits per heavy atom. The lowest BCUT2D eigenvalue weighted by Gasteiger charge is -2.21. The summed E-state index contributed by atoms with van der Waals surface area (Å²) >= 11 is 0. The molecule has 0 bridgehead atoms. The number of furan rings is 1. The summed E-state index contributed by atoms with van der Waals surface area (Å²) in [6.45, 7) is 2.37. The molecule has 1 atom stereocenters. The van der Waals surface area contributed by atoms with Crippen molar-refractivity contribution in [2.45, 2.75) is 19.6 Å². The van der Waals surface area contributed by atoms with E-state index in [4.69, 9.17) is 4.42 Å². The van der Waals surface area contributed by atoms with E-state index in [1.54, 1.807) is 19.4 Å². The minimum absolute atomic E-state index is 0.530. The second kappa shape index (κ2) is 5.01. The lowest BCUT2D eigenvalue weighted by Crippen LogP contribution is -2.19. The highest BCUT2D eigenvalue weighted by Gasteiger charge is 2.13. The van der Waals surface area contributed by atoms with Gasteiger partial charge < -0.3 is 14.4 Å². The molecular weight excluding hydrogens is 216 g/mol. The topological polar surface area (TPSA) is 49.5 Å². The number of nitrogens with zero attached hydrogens (tertiary/aromatic N) is 2. The molecule has 0 saturated carbocycles. The Morgan fingerprint density at radius 1 is 1.41 bits per heavy atom. The minimum Gasteiger partial charge on any atom is -0.467 e. The highest BCUT2D eigenvalue weighted by atomic mass is 16.3. The first-order valence-corrected chi connectivity index (χ1v) is 5.55. The predicted octanol–water partition coefficient (Wildman–Crippen LogP) is 2.36. The van der Waals surface area contributed by atoms with E-state index in [1.165, 1.54) is 0 Å². The molecule has 0 aliphatic rings. The Bertz CT molecular complexity index is 466. The van der Waals surface area contributed by atoms with Gasteiger partial charge in [0.25, 0.3) is 0 Å². The first-order chi connectivity index (χ1) is 8.18. The first-order valence-electron chi connectivity index (χ1n) is 5.55. The molecule has 0 fully saturated rings. The van der Waals surface area contributed by atoms with Crippen molar-refractivity contribution in [3.8, 4) is 0 Å². The molecule has 0 aliphatic heterocycles. The van der Waals surface area contributed by atoms with Crippen LogP contribution < -0.4 is 4.90 Å². The molecule has 4 nitrogen and oxygen atoms in total. The van der Waals surface area contributed by atoms with Gasteiger partial charge in [-0.1, -0.05) is 6.07 Å². The van der Waals surface area contributed by atoms with Gasteiger partial charge in [-0.2, -0.15) is 0 Å². The lowest BCUT2D eigenvalue weighted by molar-refractivity contribution is 0.199. The van der Waals surface area contributed by atoms with Gasteiger partial charge in [-0.25, -0.2) is 4.98 Å². The number of hydrogen-bond acceptors (Lipinski definition) is 4. The Balaban J connectivity index is 2.21. The fourth-order valence-electron chi connectivity index (χ4n) is 1.77. The van der Waals surface area contributed by atoms with Gasteiger partial charge >= 0.3 is 0 Å². The second-order valence-corrected chi connectivity index (χ2v) is 4.03. The third-order valence-corrected chi connectivity index (χ3v) is 2.60. The summed E-state index contributed by atoms with van der Waals surface area (Å²) < 4.78 is 5.29. The van der Waals surface area contributed by atoms with Gasteiger partial charge in [0.2, 0.25) is 0 Å². The van der Waals surface area contributed by atoms with E-state index < -0.39 is 6.10 Å². The Hall–Kier alpha value is -1.81. The quantitative estimate of drug-likeness (QED) is 0.879. The molecule has 0 aromatic carbocycles. The number of aromatic nitrogens is 1. The maximum atomic E-state index is 9.69. The van der Waals surface area contributed by atoms with Gasteiger partial charge in [0.15, 0.2) is 0 Å². The van der Waals surface area contributed by atoms with Crippen molar-refractivity contribution in [2.75, 3.05) is 11.9 Å². The third-order valence-electron chi connectivity index (χ3n) is 2.60. The van der Waals surface area contributed by atoms with E-state index in [2.05, 4.69) is 4.98 Å². The van der Waals surface area contributed by atoms with E-state index in [0.29, 0.717) is 6.54 Å². The first kappa shape index (κ1) is 11.7. The lowest BCUT2D eigenvalue weighted by atomic mass is 10.1. The molecule has 0 amide bonds. The average Bonchev–Trinajstić information content (AvgIpc) is 2.81. The van der Waals surface area contributed by atoms with Crippen molar-refractivity contribution in [1.29, 1.82) is 0 Å². The smallest absolute Gasteiger partial charge is 0.134 e. The Labute approximate surface area is 101 Å². The summed E-state index contributed by atoms with van der Waals surface area (Å²) in [4.78, 5) is 6.26. The number of hydrogen-bond donors (Lipinski definition) is 1. The van der Waals surface area contributed by atoms with E-state index in [1.807, 2.05) is 36.2 Å². The fraction of sp³-hybridized carbons (Fsp3) is 0.308. The van der Waals surface area contributed by atoms with Crippen molar-refractivity contribution >= 4 is 5.82 Å². The molecule has 1 unspecified atom stereocenters. The third kappa shape index (κ3) is 2.65. The van der Waals surface area contributed by atoms with Crippen LogP contribution in [0.25, 0.3) is 0 Å². The molecule has 2 rings (SSSR count). The molecule has 17 heavy (non-hydrogen) atoms. The van der Waals surface area contributed by atoms with E-state index in [0.717, 1.165) is 17.1 Å². The van der Waals surface area contributed by atoms with Gasteiger partial charge in [0.05, 0.1) is 18.9 Å². The van der Waals surface area contributed by atoms with Crippen LogP contribution in [0.2, 0.25) is 0 Å². The number of aliphatic hydroxyl groups excluding tert-OH is 1. The highest BCUT2D eigenvalue weighted by molar-refractivity contribution is 5.47. The summed E-state index contributed by atoms with van der Waals surface area (Å²) in [7, 11) is 1.93. The van der Waals surface area contributed by atoms with E-state index in [-0.39, 0.29) is 0 Å². The molecule has 0 radical (unpaired) electrons. The van der Waals surface area contributed by atoms with Crippen LogP contribution in [0, 0.1) is 0 Å². The molecule has 4 heteroatoms. The zero-order valence-corrected chi connectivity index (χ0v) is 10.00. The van der Waals surface area contributed by atoms with Crippen LogP contribution in [-0.4, -0.2) is 17.1 Å². The Morgan fingerprint density at radius 3 is 2.88 bits per heavy atom. The van der Waals surface area contributed by atoms with Crippen LogP contribution in [0.5, 0.6) is 0 Å². The second-order valence-electron chi connectivity index (χ2n) is 4.03. The van der Waals surface area contributed by atoms with Crippen molar-refractivity contribution in [3.63, 3.8) is 0 Å². The number of anilines is 1. The van der Waals surface area contributed by atoms with Crippen LogP contribution >= 0.6 is 0 Å². The predicted molar refractivity (Wildman–Crippen MR) is 65.7 cm³/mol. The van der Waals surface area contributed by atoms with Crippen molar-refractivity contribution in [3.05, 3.63) is 48.0 Å². The summed E-state index contributed by atoms with van der Waals surface area (Å²) in [5.74, 6) is 1.65. The summed E-state index contributed by atoms with van der Waals surface area (Å²) in [6.07, 6.45) is 2.84. The van der Waals surface area contributed by atoms with Gasteiger partial charge in [-0.15, -0.1) is 0 Å². The van der Waals surface area contributed by atoms with Gasteiger partial charge in [-0.05, 0) is 25.1 Å². The number of rotatable bonds is 4. The SMILES string of the molecule is CC(O)c1cccnc1N(C)Cc1ccco1. The largest absolute Gasteiger partial charge is 0.467 e. The molecule has 1 N–H and O–H groups in total. The van der Waals surface area contributed by atoms with Gasteiger partial charge in [0.1, 0.15) is 11.6 Å². The van der Waals surface area contributed by atoms with Crippen LogP contribution in [0.4, 0.5) is 5.82 Å². The summed E-state index contributed by atoms with van der Waals surface area (Å²) in [5, 5.41) is 9.69. The van der Waals surface area contributed by atoms with Gasteiger partial charge in [0, 0.05) is 18.8 Å². The zero-order chi connectivity index (χ0) is 12.3. The van der Waals surface area contributed by atoms with E-state index >= 15 is 0 Å². The molecule has 0 saturated heterocycles. The van der Waals surface area contributed by atoms with Crippen LogP contribution in [0.3, 0.4) is 0 Å². The van der Waals surface area contributed by atoms with Crippen LogP contribution in [0.15, 0.2) is 41.1 Å². The normalized spacial score (nSPS) is 12.4. The molecule has 0 spiro atoms. The fourth-order valence-corrected chi connectivity index (χ4v) is 1.77. The minimum atomic E-state index is -0.530. The molecule has 2 heterocycles. The molecular formula is C13H16N2O2. The number of pyridine rings is 1. The molecule has 90 valence electrons. The summed E-state index contributed by atoms with van der Waals surface area (Å²) in [6, 6.07) is 7.48. The zero-order valence-electron chi connectivity index (χ0n) is 10.00. The van der Waals surface area contributed by atoms with Crippen LogP contribution in [-0.2, 0) is 6.54 Å². The number of aliphatic hydroxyl groups is 1. The van der Waals surface area contributed by atoms with E-state index in [9.17, 15) is 5.11 Å². The monoisotopic (exact) mass is 232 g/mol. The average molecular weight is 232 g/mol. The van der Waals surface area contributed by atoms with Crippen molar-refractivity contribution in [1.82, 2.24) is 4.98 Å². The summed E-state index contributed by atoms with van der Waals surface area (Å²) in [5.41, 5.74) is 0.821. The van der Waals surface area contributed by atoms with Crippen LogP contribution in [0.1, 0.15) is 24.4 Å². The standard InChI is InChI=1S/C13H16N2O2/c1-10(16)12-6-3-7-14-13(12)15(2)9-11-5-4-8-17-11/h3-8,10,16H,9H2,1-2H3. The molecule has 2 aromatic heterocycles.